The van der Waals surface area contributed by atoms with Gasteiger partial charge in [0.05, 0.1) is 7.11 Å². The van der Waals surface area contributed by atoms with Gasteiger partial charge in [0.2, 0.25) is 0 Å². The van der Waals surface area contributed by atoms with Crippen LogP contribution in [0.4, 0.5) is 0 Å². The van der Waals surface area contributed by atoms with Crippen LogP contribution in [0.15, 0.2) is 59.6 Å². The molecule has 3 rings (SSSR count). The van der Waals surface area contributed by atoms with Crippen LogP contribution in [0.25, 0.3) is 0 Å². The first-order valence-corrected chi connectivity index (χ1v) is 10.1. The zero-order valence-corrected chi connectivity index (χ0v) is 19.9. The van der Waals surface area contributed by atoms with E-state index in [9.17, 15) is 0 Å². The molecule has 0 amide bonds. The molecule has 2 aromatic carbocycles. The number of nitrogens with one attached hydrogen (secondary N) is 2. The summed E-state index contributed by atoms with van der Waals surface area (Å²) in [4.78, 5) is 6.97. The molecular weight excluding hydrogens is 475 g/mol. The third-order valence-electron chi connectivity index (χ3n) is 5.45. The van der Waals surface area contributed by atoms with E-state index in [0.29, 0.717) is 18.6 Å². The molecule has 1 saturated heterocycles. The summed E-state index contributed by atoms with van der Waals surface area (Å²) < 4.78 is 5.43. The van der Waals surface area contributed by atoms with Gasteiger partial charge in [0.1, 0.15) is 5.75 Å². The first-order chi connectivity index (χ1) is 13.7. The van der Waals surface area contributed by atoms with Crippen LogP contribution in [0.3, 0.4) is 0 Å². The standard InChI is InChI=1S/C23H32N4O.HI/c1-18-15-21(13-14-27(18)17-19-9-5-4-6-10-19)26-23(24-2)25-16-20-11-7-8-12-22(20)28-3;/h4-12,18,21H,13-17H2,1-3H3,(H2,24,25,26);1H. The molecule has 29 heavy (non-hydrogen) atoms. The highest BCUT2D eigenvalue weighted by Crippen LogP contribution is 2.20. The molecule has 0 radical (unpaired) electrons. The summed E-state index contributed by atoms with van der Waals surface area (Å²) in [7, 11) is 3.53. The molecule has 0 aliphatic carbocycles. The zero-order chi connectivity index (χ0) is 19.8. The number of likely N-dealkylation sites (tertiary alicyclic amines) is 1. The Morgan fingerprint density at radius 1 is 1.14 bits per heavy atom. The molecule has 2 N–H and O–H groups in total. The van der Waals surface area contributed by atoms with Gasteiger partial charge in [-0.3, -0.25) is 9.89 Å². The van der Waals surface area contributed by atoms with Gasteiger partial charge >= 0.3 is 0 Å². The minimum absolute atomic E-state index is 0. The summed E-state index contributed by atoms with van der Waals surface area (Å²) in [6.07, 6.45) is 2.23. The van der Waals surface area contributed by atoms with E-state index in [1.54, 1.807) is 7.11 Å². The number of guanidine groups is 1. The lowest BCUT2D eigenvalue weighted by atomic mass is 9.97. The minimum Gasteiger partial charge on any atom is -0.496 e. The lowest BCUT2D eigenvalue weighted by molar-refractivity contribution is 0.134. The Balaban J connectivity index is 0.00000300. The molecule has 0 aromatic heterocycles. The lowest BCUT2D eigenvalue weighted by Gasteiger charge is -2.38. The third kappa shape index (κ3) is 6.89. The number of nitrogens with zero attached hydrogens (tertiary/aromatic N) is 2. The van der Waals surface area contributed by atoms with Crippen molar-refractivity contribution in [3.8, 4) is 5.75 Å². The maximum Gasteiger partial charge on any atom is 0.191 e. The van der Waals surface area contributed by atoms with Crippen LogP contribution in [-0.2, 0) is 13.1 Å². The molecule has 0 spiro atoms. The number of hydrogen-bond donors (Lipinski definition) is 2. The van der Waals surface area contributed by atoms with E-state index < -0.39 is 0 Å². The van der Waals surface area contributed by atoms with Gasteiger partial charge in [0.25, 0.3) is 0 Å². The molecule has 2 aromatic rings. The highest BCUT2D eigenvalue weighted by atomic mass is 127. The molecule has 6 heteroatoms. The van der Waals surface area contributed by atoms with E-state index >= 15 is 0 Å². The Bertz CT molecular complexity index is 768. The summed E-state index contributed by atoms with van der Waals surface area (Å²) in [6.45, 7) is 5.13. The van der Waals surface area contributed by atoms with Gasteiger partial charge in [0.15, 0.2) is 5.96 Å². The SMILES string of the molecule is CN=C(NCc1ccccc1OC)NC1CCN(Cc2ccccc2)C(C)C1.I. The molecule has 0 saturated carbocycles. The fourth-order valence-corrected chi connectivity index (χ4v) is 3.82. The van der Waals surface area contributed by atoms with E-state index in [1.165, 1.54) is 5.56 Å². The summed E-state index contributed by atoms with van der Waals surface area (Å²) in [6, 6.07) is 19.8. The summed E-state index contributed by atoms with van der Waals surface area (Å²) in [5.74, 6) is 1.74. The average Bonchev–Trinajstić information content (AvgIpc) is 2.74. The fraction of sp³-hybridized carbons (Fsp3) is 0.435. The molecule has 1 aliphatic heterocycles. The molecule has 2 unspecified atom stereocenters. The van der Waals surface area contributed by atoms with Crippen LogP contribution in [0.1, 0.15) is 30.9 Å². The van der Waals surface area contributed by atoms with Crippen molar-refractivity contribution in [2.24, 2.45) is 4.99 Å². The van der Waals surface area contributed by atoms with Crippen molar-refractivity contribution in [2.45, 2.75) is 44.9 Å². The van der Waals surface area contributed by atoms with Gasteiger partial charge in [-0.05, 0) is 31.4 Å². The number of para-hydroxylation sites is 1. The molecule has 1 fully saturated rings. The smallest absolute Gasteiger partial charge is 0.191 e. The van der Waals surface area contributed by atoms with E-state index in [0.717, 1.165) is 43.2 Å². The number of methoxy groups -OCH3 is 1. The Morgan fingerprint density at radius 2 is 1.86 bits per heavy atom. The third-order valence-corrected chi connectivity index (χ3v) is 5.45. The molecule has 1 aliphatic rings. The van der Waals surface area contributed by atoms with Gasteiger partial charge in [-0.25, -0.2) is 0 Å². The molecule has 0 bridgehead atoms. The monoisotopic (exact) mass is 508 g/mol. The minimum atomic E-state index is 0. The highest BCUT2D eigenvalue weighted by Gasteiger charge is 2.25. The maximum atomic E-state index is 5.43. The molecule has 2 atom stereocenters. The van der Waals surface area contributed by atoms with Crippen molar-refractivity contribution in [3.05, 3.63) is 65.7 Å². The van der Waals surface area contributed by atoms with Crippen LogP contribution >= 0.6 is 24.0 Å². The second-order valence-electron chi connectivity index (χ2n) is 7.41. The number of piperidine rings is 1. The van der Waals surface area contributed by atoms with Gasteiger partial charge in [0, 0.05) is 44.3 Å². The van der Waals surface area contributed by atoms with E-state index in [-0.39, 0.29) is 24.0 Å². The number of halogens is 1. The quantitative estimate of drug-likeness (QED) is 0.352. The zero-order valence-electron chi connectivity index (χ0n) is 17.6. The topological polar surface area (TPSA) is 48.9 Å². The highest BCUT2D eigenvalue weighted by molar-refractivity contribution is 14.0. The summed E-state index contributed by atoms with van der Waals surface area (Å²) >= 11 is 0. The van der Waals surface area contributed by atoms with Crippen molar-refractivity contribution >= 4 is 29.9 Å². The number of hydrogen-bond acceptors (Lipinski definition) is 3. The van der Waals surface area contributed by atoms with Gasteiger partial charge < -0.3 is 15.4 Å². The Labute approximate surface area is 192 Å². The Morgan fingerprint density at radius 3 is 2.55 bits per heavy atom. The second-order valence-corrected chi connectivity index (χ2v) is 7.41. The van der Waals surface area contributed by atoms with Gasteiger partial charge in [-0.2, -0.15) is 0 Å². The second kappa shape index (κ2) is 12.0. The van der Waals surface area contributed by atoms with Crippen LogP contribution in [0.2, 0.25) is 0 Å². The average molecular weight is 508 g/mol. The van der Waals surface area contributed by atoms with Gasteiger partial charge in [-0.1, -0.05) is 48.5 Å². The first-order valence-electron chi connectivity index (χ1n) is 10.1. The molecule has 158 valence electrons. The Hall–Kier alpha value is -1.80. The van der Waals surface area contributed by atoms with Gasteiger partial charge in [-0.15, -0.1) is 24.0 Å². The number of ether oxygens (including phenoxy) is 1. The van der Waals surface area contributed by atoms with Crippen LogP contribution in [0.5, 0.6) is 5.75 Å². The Kier molecular flexibility index (Phi) is 9.73. The van der Waals surface area contributed by atoms with Crippen LogP contribution < -0.4 is 15.4 Å². The maximum absolute atomic E-state index is 5.43. The predicted molar refractivity (Wildman–Crippen MR) is 131 cm³/mol. The first kappa shape index (κ1) is 23.5. The van der Waals surface area contributed by atoms with E-state index in [2.05, 4.69) is 63.8 Å². The van der Waals surface area contributed by atoms with Crippen molar-refractivity contribution in [1.82, 2.24) is 15.5 Å². The largest absolute Gasteiger partial charge is 0.496 e. The number of aliphatic imine (C=N–C) groups is 1. The summed E-state index contributed by atoms with van der Waals surface area (Å²) in [5, 5.41) is 7.02. The normalized spacial score (nSPS) is 19.9. The number of rotatable bonds is 6. The molecule has 5 nitrogen and oxygen atoms in total. The van der Waals surface area contributed by atoms with Crippen molar-refractivity contribution in [2.75, 3.05) is 20.7 Å². The lowest BCUT2D eigenvalue weighted by Crippen LogP contribution is -2.51. The van der Waals surface area contributed by atoms with E-state index in [4.69, 9.17) is 4.74 Å². The van der Waals surface area contributed by atoms with Crippen molar-refractivity contribution < 1.29 is 4.74 Å². The van der Waals surface area contributed by atoms with Crippen molar-refractivity contribution in [3.63, 3.8) is 0 Å². The summed E-state index contributed by atoms with van der Waals surface area (Å²) in [5.41, 5.74) is 2.51. The van der Waals surface area contributed by atoms with Crippen LogP contribution in [-0.4, -0.2) is 43.6 Å². The fourth-order valence-electron chi connectivity index (χ4n) is 3.82. The molecule has 1 heterocycles. The van der Waals surface area contributed by atoms with Crippen molar-refractivity contribution in [1.29, 1.82) is 0 Å². The number of benzene rings is 2. The van der Waals surface area contributed by atoms with E-state index in [1.807, 2.05) is 25.2 Å². The predicted octanol–water partition coefficient (Wildman–Crippen LogP) is 4.03. The van der Waals surface area contributed by atoms with Crippen LogP contribution in [0, 0.1) is 0 Å². The molecular formula is C23H33IN4O.